The molecule has 0 spiro atoms. The summed E-state index contributed by atoms with van der Waals surface area (Å²) >= 11 is 0. The van der Waals surface area contributed by atoms with Gasteiger partial charge in [0.15, 0.2) is 0 Å². The molecule has 4 aromatic rings. The van der Waals surface area contributed by atoms with Crippen LogP contribution < -0.4 is 5.69 Å². The smallest absolute Gasteiger partial charge is 0.346 e. The number of aliphatic carboxylic acids is 1. The Bertz CT molecular complexity index is 1580. The van der Waals surface area contributed by atoms with Crippen molar-refractivity contribution in [2.45, 2.75) is 90.6 Å². The molecule has 5 rings (SSSR count). The molecule has 0 atom stereocenters. The van der Waals surface area contributed by atoms with E-state index in [4.69, 9.17) is 10.2 Å². The molecule has 0 unspecified atom stereocenters. The van der Waals surface area contributed by atoms with Gasteiger partial charge in [0.05, 0.1) is 13.0 Å². The SMILES string of the molecule is CCn1c(CCCc2ccc(-c3cccc(CC(=O)O)c3)cc2)nn(Cc2ccc(C(C)(C)C)c(C3CC3)c2)c1=O. The van der Waals surface area contributed by atoms with Crippen LogP contribution in [-0.2, 0) is 42.6 Å². The van der Waals surface area contributed by atoms with Gasteiger partial charge in [-0.1, -0.05) is 87.5 Å². The maximum absolute atomic E-state index is 13.2. The van der Waals surface area contributed by atoms with Crippen LogP contribution >= 0.6 is 0 Å². The lowest BCUT2D eigenvalue weighted by Gasteiger charge is -2.23. The molecule has 1 fully saturated rings. The summed E-state index contributed by atoms with van der Waals surface area (Å²) in [5, 5.41) is 13.9. The number of hydrogen-bond donors (Lipinski definition) is 1. The first-order valence-electron chi connectivity index (χ1n) is 14.8. The normalized spacial score (nSPS) is 13.5. The van der Waals surface area contributed by atoms with Crippen LogP contribution in [0.4, 0.5) is 0 Å². The van der Waals surface area contributed by atoms with Crippen LogP contribution in [0.1, 0.15) is 86.5 Å². The van der Waals surface area contributed by atoms with E-state index in [1.807, 2.05) is 31.2 Å². The molecule has 0 radical (unpaired) electrons. The molecule has 1 saturated carbocycles. The minimum Gasteiger partial charge on any atom is -0.481 e. The van der Waals surface area contributed by atoms with Crippen molar-refractivity contribution >= 4 is 5.97 Å². The van der Waals surface area contributed by atoms with Gasteiger partial charge < -0.3 is 5.11 Å². The fourth-order valence-corrected chi connectivity index (χ4v) is 5.74. The minimum absolute atomic E-state index is 0.0233. The van der Waals surface area contributed by atoms with Gasteiger partial charge in [-0.2, -0.15) is 5.10 Å². The molecule has 1 aromatic heterocycles. The van der Waals surface area contributed by atoms with Gasteiger partial charge in [-0.3, -0.25) is 9.36 Å². The summed E-state index contributed by atoms with van der Waals surface area (Å²) in [7, 11) is 0. The summed E-state index contributed by atoms with van der Waals surface area (Å²) < 4.78 is 3.44. The fraction of sp³-hybridized carbons (Fsp3) is 0.400. The van der Waals surface area contributed by atoms with Crippen LogP contribution in [-0.4, -0.2) is 25.4 Å². The topological polar surface area (TPSA) is 77.1 Å². The zero-order valence-electron chi connectivity index (χ0n) is 24.7. The predicted octanol–water partition coefficient (Wildman–Crippen LogP) is 6.76. The second kappa shape index (κ2) is 11.9. The van der Waals surface area contributed by atoms with Crippen molar-refractivity contribution in [2.24, 2.45) is 0 Å². The Balaban J connectivity index is 1.24. The summed E-state index contributed by atoms with van der Waals surface area (Å²) in [6.45, 7) is 9.92. The molecule has 6 heteroatoms. The lowest BCUT2D eigenvalue weighted by Crippen LogP contribution is -2.25. The first-order chi connectivity index (χ1) is 19.6. The first kappa shape index (κ1) is 28.6. The summed E-state index contributed by atoms with van der Waals surface area (Å²) in [4.78, 5) is 24.3. The van der Waals surface area contributed by atoms with E-state index >= 15 is 0 Å². The van der Waals surface area contributed by atoms with Gasteiger partial charge in [0.2, 0.25) is 0 Å². The number of carbonyl (C=O) groups is 1. The zero-order valence-corrected chi connectivity index (χ0v) is 24.7. The molecule has 0 amide bonds. The number of rotatable bonds is 11. The van der Waals surface area contributed by atoms with Crippen LogP contribution in [0, 0.1) is 0 Å². The number of hydrogen-bond acceptors (Lipinski definition) is 3. The highest BCUT2D eigenvalue weighted by Crippen LogP contribution is 2.44. The van der Waals surface area contributed by atoms with Crippen molar-refractivity contribution < 1.29 is 9.90 Å². The maximum Gasteiger partial charge on any atom is 0.346 e. The molecule has 214 valence electrons. The van der Waals surface area contributed by atoms with E-state index in [-0.39, 0.29) is 17.5 Å². The Morgan fingerprint density at radius 1 is 0.927 bits per heavy atom. The second-order valence-electron chi connectivity index (χ2n) is 12.4. The Morgan fingerprint density at radius 2 is 1.66 bits per heavy atom. The average molecular weight is 552 g/mol. The third-order valence-electron chi connectivity index (χ3n) is 8.02. The molecular weight excluding hydrogens is 510 g/mol. The highest BCUT2D eigenvalue weighted by molar-refractivity contribution is 5.72. The number of carboxylic acid groups (broad SMARTS) is 1. The summed E-state index contributed by atoms with van der Waals surface area (Å²) in [6.07, 6.45) is 5.06. The van der Waals surface area contributed by atoms with Gasteiger partial charge in [-0.25, -0.2) is 9.48 Å². The van der Waals surface area contributed by atoms with Crippen LogP contribution in [0.5, 0.6) is 0 Å². The zero-order chi connectivity index (χ0) is 29.1. The van der Waals surface area contributed by atoms with Crippen molar-refractivity contribution in [3.05, 3.63) is 111 Å². The molecule has 3 aromatic carbocycles. The number of carboxylic acids is 1. The highest BCUT2D eigenvalue weighted by Gasteiger charge is 2.30. The van der Waals surface area contributed by atoms with Crippen LogP contribution in [0.25, 0.3) is 11.1 Å². The fourth-order valence-electron chi connectivity index (χ4n) is 5.74. The molecule has 6 nitrogen and oxygen atoms in total. The van der Waals surface area contributed by atoms with Gasteiger partial charge in [-0.05, 0) is 82.9 Å². The van der Waals surface area contributed by atoms with Gasteiger partial charge in [0.1, 0.15) is 5.82 Å². The van der Waals surface area contributed by atoms with E-state index < -0.39 is 5.97 Å². The van der Waals surface area contributed by atoms with Crippen molar-refractivity contribution in [1.29, 1.82) is 0 Å². The molecular formula is C35H41N3O3. The van der Waals surface area contributed by atoms with E-state index in [9.17, 15) is 9.59 Å². The lowest BCUT2D eigenvalue weighted by atomic mass is 9.82. The Labute approximate surface area is 242 Å². The predicted molar refractivity (Wildman–Crippen MR) is 164 cm³/mol. The van der Waals surface area contributed by atoms with Gasteiger partial charge in [-0.15, -0.1) is 0 Å². The number of benzene rings is 3. The summed E-state index contributed by atoms with van der Waals surface area (Å²) in [5.74, 6) is 0.673. The molecule has 1 aliphatic carbocycles. The first-order valence-corrected chi connectivity index (χ1v) is 14.8. The monoisotopic (exact) mass is 551 g/mol. The molecule has 0 aliphatic heterocycles. The van der Waals surface area contributed by atoms with E-state index in [0.29, 0.717) is 19.0 Å². The molecule has 1 aliphatic rings. The second-order valence-corrected chi connectivity index (χ2v) is 12.4. The molecule has 0 bridgehead atoms. The van der Waals surface area contributed by atoms with Gasteiger partial charge in [0, 0.05) is 13.0 Å². The Morgan fingerprint density at radius 3 is 2.32 bits per heavy atom. The van der Waals surface area contributed by atoms with Crippen LogP contribution in [0.3, 0.4) is 0 Å². The summed E-state index contributed by atoms with van der Waals surface area (Å²) in [5.41, 5.74) is 8.18. The van der Waals surface area contributed by atoms with Gasteiger partial charge >= 0.3 is 11.7 Å². The maximum atomic E-state index is 13.2. The Kier molecular flexibility index (Phi) is 8.30. The molecule has 41 heavy (non-hydrogen) atoms. The number of aryl methyl sites for hydroxylation is 2. The molecule has 0 saturated heterocycles. The Hall–Kier alpha value is -3.93. The summed E-state index contributed by atoms with van der Waals surface area (Å²) in [6, 6.07) is 22.9. The third kappa shape index (κ3) is 6.87. The average Bonchev–Trinajstić information content (AvgIpc) is 3.74. The van der Waals surface area contributed by atoms with Crippen LogP contribution in [0.15, 0.2) is 71.5 Å². The quantitative estimate of drug-likeness (QED) is 0.224. The van der Waals surface area contributed by atoms with Crippen molar-refractivity contribution in [3.8, 4) is 11.1 Å². The van der Waals surface area contributed by atoms with E-state index in [2.05, 4.69) is 63.2 Å². The number of nitrogens with zero attached hydrogens (tertiary/aromatic N) is 3. The lowest BCUT2D eigenvalue weighted by molar-refractivity contribution is -0.136. The largest absolute Gasteiger partial charge is 0.481 e. The third-order valence-corrected chi connectivity index (χ3v) is 8.02. The standard InChI is InChI=1S/C35H41N3O3/c1-5-37-32(11-7-8-24-12-15-27(16-13-24)29-10-6-9-25(20-29)22-33(39)40)36-38(34(37)41)23-26-14-19-31(35(2,3)4)30(21-26)28-17-18-28/h6,9-10,12-16,19-21,28H,5,7-8,11,17-18,22-23H2,1-4H3,(H,39,40). The molecule has 1 heterocycles. The van der Waals surface area contributed by atoms with Crippen molar-refractivity contribution in [3.63, 3.8) is 0 Å². The van der Waals surface area contributed by atoms with E-state index in [0.717, 1.165) is 47.3 Å². The molecule has 1 N–H and O–H groups in total. The van der Waals surface area contributed by atoms with Gasteiger partial charge in [0.25, 0.3) is 0 Å². The van der Waals surface area contributed by atoms with Crippen molar-refractivity contribution in [2.75, 3.05) is 0 Å². The minimum atomic E-state index is -0.826. The highest BCUT2D eigenvalue weighted by atomic mass is 16.4. The van der Waals surface area contributed by atoms with E-state index in [1.165, 1.54) is 29.5 Å². The van der Waals surface area contributed by atoms with Crippen molar-refractivity contribution in [1.82, 2.24) is 14.3 Å². The number of aromatic nitrogens is 3. The van der Waals surface area contributed by atoms with E-state index in [1.54, 1.807) is 9.25 Å². The van der Waals surface area contributed by atoms with Crippen LogP contribution in [0.2, 0.25) is 0 Å².